The van der Waals surface area contributed by atoms with Crippen molar-refractivity contribution < 1.29 is 0 Å². The number of rotatable bonds is 6. The van der Waals surface area contributed by atoms with Crippen molar-refractivity contribution in [2.45, 2.75) is 32.0 Å². The lowest BCUT2D eigenvalue weighted by Gasteiger charge is -2.29. The summed E-state index contributed by atoms with van der Waals surface area (Å²) in [5.41, 5.74) is 2.82. The average molecular weight is 395 g/mol. The molecular formula is C28H30N2. The van der Waals surface area contributed by atoms with Crippen LogP contribution in [-0.4, -0.2) is 36.0 Å². The summed E-state index contributed by atoms with van der Waals surface area (Å²) in [5.74, 6) is 0. The zero-order chi connectivity index (χ0) is 20.3. The van der Waals surface area contributed by atoms with E-state index >= 15 is 0 Å². The van der Waals surface area contributed by atoms with Gasteiger partial charge in [-0.25, -0.2) is 0 Å². The highest BCUT2D eigenvalue weighted by atomic mass is 15.2. The fourth-order valence-electron chi connectivity index (χ4n) is 4.96. The number of hydrogen-bond donors (Lipinski definition) is 0. The van der Waals surface area contributed by atoms with Crippen molar-refractivity contribution in [2.24, 2.45) is 0 Å². The number of hydrogen-bond acceptors (Lipinski definition) is 2. The van der Waals surface area contributed by atoms with E-state index in [-0.39, 0.29) is 0 Å². The van der Waals surface area contributed by atoms with Gasteiger partial charge in [0.05, 0.1) is 0 Å². The Morgan fingerprint density at radius 3 is 2.40 bits per heavy atom. The third kappa shape index (κ3) is 4.12. The normalized spacial score (nSPS) is 17.3. The first-order chi connectivity index (χ1) is 14.8. The molecule has 0 amide bonds. The maximum atomic E-state index is 2.65. The number of nitrogens with zero attached hydrogens (tertiary/aromatic N) is 2. The van der Waals surface area contributed by atoms with Crippen molar-refractivity contribution >= 4 is 21.5 Å². The Morgan fingerprint density at radius 1 is 0.800 bits per heavy atom. The second kappa shape index (κ2) is 8.59. The molecule has 30 heavy (non-hydrogen) atoms. The lowest BCUT2D eigenvalue weighted by atomic mass is 10.0. The molecule has 0 bridgehead atoms. The molecule has 2 nitrogen and oxygen atoms in total. The zero-order valence-corrected chi connectivity index (χ0v) is 17.8. The van der Waals surface area contributed by atoms with E-state index < -0.39 is 0 Å². The quantitative estimate of drug-likeness (QED) is 0.390. The van der Waals surface area contributed by atoms with Crippen LogP contribution in [0, 0.1) is 0 Å². The van der Waals surface area contributed by atoms with Crippen molar-refractivity contribution in [1.82, 2.24) is 9.80 Å². The van der Waals surface area contributed by atoms with E-state index in [1.165, 1.54) is 52.1 Å². The highest BCUT2D eigenvalue weighted by Crippen LogP contribution is 2.24. The topological polar surface area (TPSA) is 6.48 Å². The lowest BCUT2D eigenvalue weighted by Crippen LogP contribution is -2.38. The fraction of sp³-hybridized carbons (Fsp3) is 0.286. The van der Waals surface area contributed by atoms with Crippen LogP contribution in [0.15, 0.2) is 84.9 Å². The van der Waals surface area contributed by atoms with E-state index in [1.54, 1.807) is 0 Å². The van der Waals surface area contributed by atoms with E-state index in [2.05, 4.69) is 102 Å². The molecule has 4 aromatic rings. The molecule has 0 unspecified atom stereocenters. The molecule has 1 atom stereocenters. The molecule has 1 aliphatic rings. The van der Waals surface area contributed by atoms with Gasteiger partial charge in [0.1, 0.15) is 0 Å². The predicted octanol–water partition coefficient (Wildman–Crippen LogP) is 6.09. The van der Waals surface area contributed by atoms with E-state index in [1.807, 2.05) is 0 Å². The summed E-state index contributed by atoms with van der Waals surface area (Å²) < 4.78 is 0. The van der Waals surface area contributed by atoms with Crippen molar-refractivity contribution in [3.8, 4) is 0 Å². The fourth-order valence-corrected chi connectivity index (χ4v) is 4.96. The van der Waals surface area contributed by atoms with Crippen molar-refractivity contribution in [2.75, 3.05) is 20.1 Å². The Labute approximate surface area is 179 Å². The summed E-state index contributed by atoms with van der Waals surface area (Å²) in [6.07, 6.45) is 2.62. The van der Waals surface area contributed by atoms with Gasteiger partial charge in [-0.1, -0.05) is 78.9 Å². The highest BCUT2D eigenvalue weighted by Gasteiger charge is 2.23. The Hall–Kier alpha value is -2.68. The summed E-state index contributed by atoms with van der Waals surface area (Å²) in [5, 5.41) is 5.36. The van der Waals surface area contributed by atoms with Crippen LogP contribution < -0.4 is 0 Å². The molecule has 0 aliphatic carbocycles. The highest BCUT2D eigenvalue weighted by molar-refractivity contribution is 5.85. The molecule has 0 saturated carbocycles. The minimum absolute atomic E-state index is 0.653. The second-order valence-electron chi connectivity index (χ2n) is 8.77. The molecule has 0 N–H and O–H groups in total. The van der Waals surface area contributed by atoms with Crippen molar-refractivity contribution in [1.29, 1.82) is 0 Å². The average Bonchev–Trinajstić information content (AvgIpc) is 3.18. The maximum absolute atomic E-state index is 2.65. The van der Waals surface area contributed by atoms with E-state index in [4.69, 9.17) is 0 Å². The van der Waals surface area contributed by atoms with Gasteiger partial charge in [-0.3, -0.25) is 4.90 Å². The molecule has 0 spiro atoms. The van der Waals surface area contributed by atoms with Gasteiger partial charge < -0.3 is 4.90 Å². The SMILES string of the molecule is CN1CCC[C@H]1CN(Cc1ccc2ccccc2c1)Cc1cccc2ccccc12. The van der Waals surface area contributed by atoms with Crippen LogP contribution in [0.4, 0.5) is 0 Å². The van der Waals surface area contributed by atoms with Gasteiger partial charge >= 0.3 is 0 Å². The standard InChI is InChI=1S/C28H30N2/c1-29-17-7-13-27(29)21-30(19-22-15-16-23-8-2-3-10-25(23)18-22)20-26-12-6-11-24-9-4-5-14-28(24)26/h2-6,8-12,14-16,18,27H,7,13,17,19-21H2,1H3/t27-/m0/s1. The van der Waals surface area contributed by atoms with Crippen LogP contribution in [0.2, 0.25) is 0 Å². The third-order valence-corrected chi connectivity index (χ3v) is 6.63. The molecular weight excluding hydrogens is 364 g/mol. The van der Waals surface area contributed by atoms with E-state index in [0.717, 1.165) is 19.6 Å². The third-order valence-electron chi connectivity index (χ3n) is 6.63. The summed E-state index contributed by atoms with van der Waals surface area (Å²) in [4.78, 5) is 5.19. The zero-order valence-electron chi connectivity index (χ0n) is 17.8. The summed E-state index contributed by atoms with van der Waals surface area (Å²) in [7, 11) is 2.28. The molecule has 1 heterocycles. The van der Waals surface area contributed by atoms with E-state index in [9.17, 15) is 0 Å². The predicted molar refractivity (Wildman–Crippen MR) is 128 cm³/mol. The molecule has 1 aliphatic heterocycles. The summed E-state index contributed by atoms with van der Waals surface area (Å²) >= 11 is 0. The molecule has 4 aromatic carbocycles. The molecule has 0 aromatic heterocycles. The Bertz CT molecular complexity index is 1140. The van der Waals surface area contributed by atoms with Gasteiger partial charge in [0.15, 0.2) is 0 Å². The smallest absolute Gasteiger partial charge is 0.0244 e. The largest absolute Gasteiger partial charge is 0.302 e. The molecule has 1 fully saturated rings. The van der Waals surface area contributed by atoms with E-state index in [0.29, 0.717) is 6.04 Å². The molecule has 2 heteroatoms. The van der Waals surface area contributed by atoms with Gasteiger partial charge in [0.2, 0.25) is 0 Å². The van der Waals surface area contributed by atoms with Crippen LogP contribution in [0.1, 0.15) is 24.0 Å². The Morgan fingerprint density at radius 2 is 1.57 bits per heavy atom. The maximum Gasteiger partial charge on any atom is 0.0244 e. The van der Waals surface area contributed by atoms with Crippen LogP contribution in [0.3, 0.4) is 0 Å². The Balaban J connectivity index is 1.44. The summed E-state index contributed by atoms with van der Waals surface area (Å²) in [6, 6.07) is 31.7. The lowest BCUT2D eigenvalue weighted by molar-refractivity contribution is 0.181. The number of benzene rings is 4. The van der Waals surface area contributed by atoms with Crippen LogP contribution in [-0.2, 0) is 13.1 Å². The minimum Gasteiger partial charge on any atom is -0.302 e. The number of fused-ring (bicyclic) bond motifs is 2. The molecule has 5 rings (SSSR count). The van der Waals surface area contributed by atoms with Gasteiger partial charge in [-0.2, -0.15) is 0 Å². The number of likely N-dealkylation sites (tertiary alicyclic amines) is 1. The Kier molecular flexibility index (Phi) is 5.52. The van der Waals surface area contributed by atoms with Crippen molar-refractivity contribution in [3.63, 3.8) is 0 Å². The minimum atomic E-state index is 0.653. The van der Waals surface area contributed by atoms with Crippen LogP contribution in [0.5, 0.6) is 0 Å². The molecule has 152 valence electrons. The molecule has 1 saturated heterocycles. The monoisotopic (exact) mass is 394 g/mol. The number of likely N-dealkylation sites (N-methyl/N-ethyl adjacent to an activating group) is 1. The van der Waals surface area contributed by atoms with Crippen molar-refractivity contribution in [3.05, 3.63) is 96.1 Å². The van der Waals surface area contributed by atoms with Gasteiger partial charge in [0.25, 0.3) is 0 Å². The summed E-state index contributed by atoms with van der Waals surface area (Å²) in [6.45, 7) is 4.31. The van der Waals surface area contributed by atoms with Crippen LogP contribution >= 0.6 is 0 Å². The van der Waals surface area contributed by atoms with Crippen LogP contribution in [0.25, 0.3) is 21.5 Å². The first kappa shape index (κ1) is 19.3. The first-order valence-electron chi connectivity index (χ1n) is 11.1. The van der Waals surface area contributed by atoms with Gasteiger partial charge in [-0.05, 0) is 65.2 Å². The molecule has 0 radical (unpaired) electrons. The second-order valence-corrected chi connectivity index (χ2v) is 8.77. The van der Waals surface area contributed by atoms with Gasteiger partial charge in [-0.15, -0.1) is 0 Å². The van der Waals surface area contributed by atoms with Gasteiger partial charge in [0, 0.05) is 25.7 Å². The first-order valence-corrected chi connectivity index (χ1v) is 11.1.